The molecule has 0 aliphatic heterocycles. The predicted octanol–water partition coefficient (Wildman–Crippen LogP) is 2.44. The molecule has 1 heterocycles. The normalized spacial score (nSPS) is 10.1. The maximum absolute atomic E-state index is 11.8. The van der Waals surface area contributed by atoms with Gasteiger partial charge in [-0.1, -0.05) is 5.16 Å². The summed E-state index contributed by atoms with van der Waals surface area (Å²) in [5.74, 6) is 2.32. The molecule has 0 radical (unpaired) electrons. The zero-order valence-electron chi connectivity index (χ0n) is 12.8. The number of amides is 1. The summed E-state index contributed by atoms with van der Waals surface area (Å²) in [6.45, 7) is 2.21. The fourth-order valence-electron chi connectivity index (χ4n) is 1.89. The van der Waals surface area contributed by atoms with Crippen LogP contribution in [0, 0.1) is 6.92 Å². The van der Waals surface area contributed by atoms with Crippen molar-refractivity contribution in [2.24, 2.45) is 0 Å². The van der Waals surface area contributed by atoms with Crippen LogP contribution in [0.1, 0.15) is 12.2 Å². The van der Waals surface area contributed by atoms with Crippen molar-refractivity contribution >= 4 is 17.4 Å². The van der Waals surface area contributed by atoms with Gasteiger partial charge in [-0.15, -0.1) is 0 Å². The van der Waals surface area contributed by atoms with Crippen molar-refractivity contribution in [2.45, 2.75) is 13.3 Å². The van der Waals surface area contributed by atoms with Crippen LogP contribution < -0.4 is 20.1 Å². The summed E-state index contributed by atoms with van der Waals surface area (Å²) in [5.41, 5.74) is 0.770. The van der Waals surface area contributed by atoms with Crippen molar-refractivity contribution in [1.82, 2.24) is 5.16 Å². The summed E-state index contributed by atoms with van der Waals surface area (Å²) in [6.07, 6.45) is 0.284. The minimum absolute atomic E-state index is 0.150. The van der Waals surface area contributed by atoms with Crippen LogP contribution in [0.25, 0.3) is 0 Å². The highest BCUT2D eigenvalue weighted by atomic mass is 16.5. The van der Waals surface area contributed by atoms with Gasteiger partial charge in [-0.2, -0.15) is 0 Å². The molecule has 2 N–H and O–H groups in total. The Morgan fingerprint density at radius 3 is 2.73 bits per heavy atom. The van der Waals surface area contributed by atoms with Crippen molar-refractivity contribution in [1.29, 1.82) is 0 Å². The third kappa shape index (κ3) is 4.15. The van der Waals surface area contributed by atoms with Crippen molar-refractivity contribution < 1.29 is 18.8 Å². The molecule has 118 valence electrons. The van der Waals surface area contributed by atoms with Gasteiger partial charge in [0.15, 0.2) is 5.82 Å². The Hall–Kier alpha value is -2.70. The Labute approximate surface area is 128 Å². The molecule has 2 aromatic rings. The Morgan fingerprint density at radius 2 is 2.09 bits per heavy atom. The highest BCUT2D eigenvalue weighted by Gasteiger charge is 2.08. The number of carbonyl (C=O) groups is 1. The van der Waals surface area contributed by atoms with Crippen molar-refractivity contribution in [3.05, 3.63) is 30.0 Å². The lowest BCUT2D eigenvalue weighted by Gasteiger charge is -2.12. The van der Waals surface area contributed by atoms with E-state index < -0.39 is 0 Å². The zero-order valence-corrected chi connectivity index (χ0v) is 12.8. The molecule has 0 atom stereocenters. The summed E-state index contributed by atoms with van der Waals surface area (Å²) in [4.78, 5) is 11.8. The molecule has 1 aromatic heterocycles. The number of rotatable bonds is 7. The fourth-order valence-corrected chi connectivity index (χ4v) is 1.89. The predicted molar refractivity (Wildman–Crippen MR) is 82.5 cm³/mol. The number of aryl methyl sites for hydroxylation is 1. The summed E-state index contributed by atoms with van der Waals surface area (Å²) < 4.78 is 15.3. The van der Waals surface area contributed by atoms with Gasteiger partial charge < -0.3 is 24.6 Å². The first kappa shape index (κ1) is 15.7. The van der Waals surface area contributed by atoms with Gasteiger partial charge >= 0.3 is 0 Å². The molecule has 7 heteroatoms. The number of nitrogens with one attached hydrogen (secondary N) is 2. The van der Waals surface area contributed by atoms with E-state index in [4.69, 9.17) is 14.0 Å². The van der Waals surface area contributed by atoms with Gasteiger partial charge in [0, 0.05) is 25.1 Å². The summed E-state index contributed by atoms with van der Waals surface area (Å²) in [7, 11) is 3.19. The topological polar surface area (TPSA) is 85.6 Å². The second-order valence-corrected chi connectivity index (χ2v) is 4.61. The standard InChI is InChI=1S/C15H19N3O4/c1-10-8-14(18-22-10)17-15(19)6-7-16-12-9-11(20-2)4-5-13(12)21-3/h4-5,8-9,16H,6-7H2,1-3H3,(H,17,18,19). The third-order valence-corrected chi connectivity index (χ3v) is 2.97. The molecular formula is C15H19N3O4. The van der Waals surface area contributed by atoms with E-state index >= 15 is 0 Å². The van der Waals surface area contributed by atoms with Crippen LogP contribution in [0.2, 0.25) is 0 Å². The van der Waals surface area contributed by atoms with E-state index in [0.29, 0.717) is 29.6 Å². The molecule has 7 nitrogen and oxygen atoms in total. The lowest BCUT2D eigenvalue weighted by Crippen LogP contribution is -2.16. The van der Waals surface area contributed by atoms with E-state index in [-0.39, 0.29) is 12.3 Å². The first-order valence-corrected chi connectivity index (χ1v) is 6.81. The number of nitrogens with zero attached hydrogens (tertiary/aromatic N) is 1. The second-order valence-electron chi connectivity index (χ2n) is 4.61. The quantitative estimate of drug-likeness (QED) is 0.817. The molecule has 22 heavy (non-hydrogen) atoms. The number of ether oxygens (including phenoxy) is 2. The van der Waals surface area contributed by atoms with E-state index in [1.807, 2.05) is 12.1 Å². The average molecular weight is 305 g/mol. The van der Waals surface area contributed by atoms with Crippen molar-refractivity contribution in [3.8, 4) is 11.5 Å². The van der Waals surface area contributed by atoms with Gasteiger partial charge in [0.1, 0.15) is 17.3 Å². The van der Waals surface area contributed by atoms with E-state index in [1.54, 1.807) is 33.3 Å². The lowest BCUT2D eigenvalue weighted by atomic mass is 10.2. The lowest BCUT2D eigenvalue weighted by molar-refractivity contribution is -0.116. The smallest absolute Gasteiger partial charge is 0.227 e. The van der Waals surface area contributed by atoms with E-state index in [0.717, 1.165) is 5.69 Å². The van der Waals surface area contributed by atoms with Gasteiger partial charge in [-0.05, 0) is 19.1 Å². The SMILES string of the molecule is COc1ccc(OC)c(NCCC(=O)Nc2cc(C)on2)c1. The number of aromatic nitrogens is 1. The molecule has 0 spiro atoms. The van der Waals surface area contributed by atoms with Crippen LogP contribution >= 0.6 is 0 Å². The third-order valence-electron chi connectivity index (χ3n) is 2.97. The molecule has 0 aliphatic carbocycles. The van der Waals surface area contributed by atoms with E-state index in [2.05, 4.69) is 15.8 Å². The average Bonchev–Trinajstić information content (AvgIpc) is 2.92. The van der Waals surface area contributed by atoms with Crippen LogP contribution in [0.5, 0.6) is 11.5 Å². The molecule has 0 aliphatic rings. The Kier molecular flexibility index (Phi) is 5.24. The summed E-state index contributed by atoms with van der Waals surface area (Å²) in [5, 5.41) is 9.52. The molecule has 0 saturated carbocycles. The highest BCUT2D eigenvalue weighted by Crippen LogP contribution is 2.28. The number of anilines is 2. The van der Waals surface area contributed by atoms with Gasteiger partial charge in [-0.25, -0.2) is 0 Å². The number of hydrogen-bond donors (Lipinski definition) is 2. The maximum atomic E-state index is 11.8. The maximum Gasteiger partial charge on any atom is 0.227 e. The van der Waals surface area contributed by atoms with Crippen LogP contribution in [0.15, 0.2) is 28.8 Å². The molecule has 0 saturated heterocycles. The van der Waals surface area contributed by atoms with Gasteiger partial charge in [0.2, 0.25) is 5.91 Å². The summed E-state index contributed by atoms with van der Waals surface area (Å²) in [6, 6.07) is 7.09. The van der Waals surface area contributed by atoms with Crippen LogP contribution in [0.4, 0.5) is 11.5 Å². The van der Waals surface area contributed by atoms with Gasteiger partial charge in [-0.3, -0.25) is 4.79 Å². The molecule has 0 unspecified atom stereocenters. The summed E-state index contributed by atoms with van der Waals surface area (Å²) >= 11 is 0. The van der Waals surface area contributed by atoms with Crippen LogP contribution in [-0.2, 0) is 4.79 Å². The van der Waals surface area contributed by atoms with Gasteiger partial charge in [0.05, 0.1) is 19.9 Å². The molecular weight excluding hydrogens is 286 g/mol. The first-order chi connectivity index (χ1) is 10.6. The fraction of sp³-hybridized carbons (Fsp3) is 0.333. The molecule has 0 bridgehead atoms. The highest BCUT2D eigenvalue weighted by molar-refractivity contribution is 5.90. The van der Waals surface area contributed by atoms with Gasteiger partial charge in [0.25, 0.3) is 0 Å². The van der Waals surface area contributed by atoms with E-state index in [9.17, 15) is 4.79 Å². The number of methoxy groups -OCH3 is 2. The molecule has 1 aromatic carbocycles. The monoisotopic (exact) mass is 305 g/mol. The Balaban J connectivity index is 1.86. The number of carbonyl (C=O) groups excluding carboxylic acids is 1. The van der Waals surface area contributed by atoms with Crippen LogP contribution in [-0.4, -0.2) is 31.8 Å². The Bertz CT molecular complexity index is 639. The molecule has 2 rings (SSSR count). The Morgan fingerprint density at radius 1 is 1.27 bits per heavy atom. The minimum Gasteiger partial charge on any atom is -0.497 e. The van der Waals surface area contributed by atoms with Crippen molar-refractivity contribution in [3.63, 3.8) is 0 Å². The van der Waals surface area contributed by atoms with Crippen LogP contribution in [0.3, 0.4) is 0 Å². The second kappa shape index (κ2) is 7.35. The zero-order chi connectivity index (χ0) is 15.9. The van der Waals surface area contributed by atoms with E-state index in [1.165, 1.54) is 0 Å². The van der Waals surface area contributed by atoms with Crippen molar-refractivity contribution in [2.75, 3.05) is 31.4 Å². The molecule has 1 amide bonds. The first-order valence-electron chi connectivity index (χ1n) is 6.81. The molecule has 0 fully saturated rings. The minimum atomic E-state index is -0.150. The largest absolute Gasteiger partial charge is 0.497 e. The number of benzene rings is 1. The number of hydrogen-bond acceptors (Lipinski definition) is 6.